The van der Waals surface area contributed by atoms with Crippen LogP contribution in [0.2, 0.25) is 5.02 Å². The lowest BCUT2D eigenvalue weighted by Crippen LogP contribution is -2.06. The van der Waals surface area contributed by atoms with Gasteiger partial charge in [-0.15, -0.1) is 0 Å². The molecule has 2 aromatic carbocycles. The lowest BCUT2D eigenvalue weighted by atomic mass is 10.0. The average molecular weight is 297 g/mol. The molecule has 5 heteroatoms. The molecule has 20 heavy (non-hydrogen) atoms. The van der Waals surface area contributed by atoms with Gasteiger partial charge in [0.2, 0.25) is 0 Å². The highest BCUT2D eigenvalue weighted by molar-refractivity contribution is 6.34. The molecule has 2 aromatic rings. The molecule has 0 saturated carbocycles. The summed E-state index contributed by atoms with van der Waals surface area (Å²) in [5.74, 6) is -1.87. The normalized spacial score (nSPS) is 10.4. The van der Waals surface area contributed by atoms with Gasteiger partial charge >= 0.3 is 0 Å². The van der Waals surface area contributed by atoms with Crippen molar-refractivity contribution in [3.8, 4) is 5.75 Å². The molecule has 0 fully saturated rings. The number of ether oxygens (including phenoxy) is 1. The maximum absolute atomic E-state index is 13.2. The van der Waals surface area contributed by atoms with Crippen molar-refractivity contribution in [1.29, 1.82) is 0 Å². The van der Waals surface area contributed by atoms with Gasteiger partial charge in [0, 0.05) is 12.0 Å². The highest BCUT2D eigenvalue weighted by atomic mass is 35.5. The van der Waals surface area contributed by atoms with E-state index in [4.69, 9.17) is 16.3 Å². The number of carbonyl (C=O) groups excluding carboxylic acids is 1. The molecule has 0 aliphatic rings. The molecule has 0 atom stereocenters. The average Bonchev–Trinajstić information content (AvgIpc) is 2.43. The first kappa shape index (κ1) is 14.5. The second kappa shape index (κ2) is 6.01. The maximum Gasteiger partial charge on any atom is 0.168 e. The summed E-state index contributed by atoms with van der Waals surface area (Å²) >= 11 is 5.76. The van der Waals surface area contributed by atoms with Gasteiger partial charge in [-0.25, -0.2) is 8.78 Å². The number of hydrogen-bond donors (Lipinski definition) is 0. The first-order valence-corrected chi connectivity index (χ1v) is 6.19. The van der Waals surface area contributed by atoms with E-state index in [1.54, 1.807) is 31.4 Å². The minimum absolute atomic E-state index is 0.0265. The Hall–Kier alpha value is -1.94. The number of Topliss-reactive ketones (excluding diaryl/α,β-unsaturated/α-hetero) is 1. The zero-order chi connectivity index (χ0) is 14.7. The van der Waals surface area contributed by atoms with Crippen molar-refractivity contribution in [2.24, 2.45) is 0 Å². The Morgan fingerprint density at radius 3 is 2.35 bits per heavy atom. The van der Waals surface area contributed by atoms with Crippen LogP contribution in [0.15, 0.2) is 36.4 Å². The second-order valence-corrected chi connectivity index (χ2v) is 4.60. The van der Waals surface area contributed by atoms with Crippen molar-refractivity contribution in [2.45, 2.75) is 6.42 Å². The van der Waals surface area contributed by atoms with Crippen LogP contribution in [0.1, 0.15) is 15.9 Å². The number of carbonyl (C=O) groups is 1. The fourth-order valence-electron chi connectivity index (χ4n) is 1.76. The largest absolute Gasteiger partial charge is 0.497 e. The van der Waals surface area contributed by atoms with E-state index in [0.717, 1.165) is 17.7 Å². The van der Waals surface area contributed by atoms with Gasteiger partial charge in [0.15, 0.2) is 17.4 Å². The van der Waals surface area contributed by atoms with Crippen LogP contribution in [0, 0.1) is 11.6 Å². The Morgan fingerprint density at radius 2 is 1.75 bits per heavy atom. The maximum atomic E-state index is 13.2. The molecule has 0 aliphatic carbocycles. The van der Waals surface area contributed by atoms with E-state index in [9.17, 15) is 13.6 Å². The Morgan fingerprint density at radius 1 is 1.15 bits per heavy atom. The van der Waals surface area contributed by atoms with Crippen molar-refractivity contribution in [2.75, 3.05) is 7.11 Å². The highest BCUT2D eigenvalue weighted by Gasteiger charge is 2.15. The van der Waals surface area contributed by atoms with Crippen molar-refractivity contribution in [3.63, 3.8) is 0 Å². The predicted octanol–water partition coefficient (Wildman–Crippen LogP) is 4.05. The summed E-state index contributed by atoms with van der Waals surface area (Å²) in [6, 6.07) is 8.52. The summed E-state index contributed by atoms with van der Waals surface area (Å²) < 4.78 is 31.1. The lowest BCUT2D eigenvalue weighted by molar-refractivity contribution is 0.0992. The monoisotopic (exact) mass is 296 g/mol. The molecular weight excluding hydrogens is 286 g/mol. The van der Waals surface area contributed by atoms with Crippen LogP contribution in [0.3, 0.4) is 0 Å². The Kier molecular flexibility index (Phi) is 4.35. The summed E-state index contributed by atoms with van der Waals surface area (Å²) in [6.45, 7) is 0. The molecule has 0 aromatic heterocycles. The molecule has 0 spiro atoms. The number of rotatable bonds is 4. The fraction of sp³-hybridized carbons (Fsp3) is 0.133. The molecule has 0 aliphatic heterocycles. The van der Waals surface area contributed by atoms with Crippen LogP contribution in [-0.4, -0.2) is 12.9 Å². The van der Waals surface area contributed by atoms with E-state index in [0.29, 0.717) is 5.75 Å². The zero-order valence-corrected chi connectivity index (χ0v) is 11.4. The predicted molar refractivity (Wildman–Crippen MR) is 72.4 cm³/mol. The highest BCUT2D eigenvalue weighted by Crippen LogP contribution is 2.22. The van der Waals surface area contributed by atoms with Crippen LogP contribution in [-0.2, 0) is 6.42 Å². The molecule has 0 amide bonds. The Balaban J connectivity index is 2.21. The van der Waals surface area contributed by atoms with E-state index in [-0.39, 0.29) is 22.8 Å². The summed E-state index contributed by atoms with van der Waals surface area (Å²) in [5.41, 5.74) is 0.706. The van der Waals surface area contributed by atoms with Gasteiger partial charge in [-0.2, -0.15) is 0 Å². The minimum Gasteiger partial charge on any atom is -0.497 e. The molecular formula is C15H11ClF2O2. The van der Waals surface area contributed by atoms with Gasteiger partial charge < -0.3 is 4.74 Å². The van der Waals surface area contributed by atoms with Gasteiger partial charge in [0.1, 0.15) is 5.75 Å². The molecule has 0 unspecified atom stereocenters. The summed E-state index contributed by atoms with van der Waals surface area (Å²) in [7, 11) is 1.54. The first-order valence-electron chi connectivity index (χ1n) is 5.82. The van der Waals surface area contributed by atoms with Crippen LogP contribution < -0.4 is 4.74 Å². The minimum atomic E-state index is -1.09. The lowest BCUT2D eigenvalue weighted by Gasteiger charge is -2.06. The molecule has 2 nitrogen and oxygen atoms in total. The van der Waals surface area contributed by atoms with Gasteiger partial charge in [0.05, 0.1) is 12.1 Å². The van der Waals surface area contributed by atoms with Crippen molar-refractivity contribution in [1.82, 2.24) is 0 Å². The van der Waals surface area contributed by atoms with E-state index < -0.39 is 11.6 Å². The van der Waals surface area contributed by atoms with Crippen LogP contribution in [0.25, 0.3) is 0 Å². The van der Waals surface area contributed by atoms with Crippen molar-refractivity contribution in [3.05, 3.63) is 64.2 Å². The number of halogens is 3. The third-order valence-electron chi connectivity index (χ3n) is 2.83. The summed E-state index contributed by atoms with van der Waals surface area (Å²) in [5, 5.41) is -0.0950. The summed E-state index contributed by atoms with van der Waals surface area (Å²) in [6.07, 6.45) is 0.0504. The van der Waals surface area contributed by atoms with Crippen LogP contribution in [0.5, 0.6) is 5.75 Å². The smallest absolute Gasteiger partial charge is 0.168 e. The van der Waals surface area contributed by atoms with Gasteiger partial charge in [-0.3, -0.25) is 4.79 Å². The Labute approximate surface area is 119 Å². The Bertz CT molecular complexity index is 639. The summed E-state index contributed by atoms with van der Waals surface area (Å²) in [4.78, 5) is 12.0. The van der Waals surface area contributed by atoms with Crippen molar-refractivity contribution >= 4 is 17.4 Å². The molecule has 104 valence electrons. The number of ketones is 1. The van der Waals surface area contributed by atoms with Gasteiger partial charge in [0.25, 0.3) is 0 Å². The topological polar surface area (TPSA) is 26.3 Å². The van der Waals surface area contributed by atoms with Crippen molar-refractivity contribution < 1.29 is 18.3 Å². The third-order valence-corrected chi connectivity index (χ3v) is 3.15. The third kappa shape index (κ3) is 3.14. The quantitative estimate of drug-likeness (QED) is 0.628. The number of methoxy groups -OCH3 is 1. The number of benzene rings is 2. The molecule has 0 saturated heterocycles. The van der Waals surface area contributed by atoms with E-state index >= 15 is 0 Å². The van der Waals surface area contributed by atoms with E-state index in [1.165, 1.54) is 0 Å². The van der Waals surface area contributed by atoms with Gasteiger partial charge in [-0.1, -0.05) is 23.7 Å². The molecule has 0 N–H and O–H groups in total. The number of hydrogen-bond acceptors (Lipinski definition) is 2. The van der Waals surface area contributed by atoms with E-state index in [1.807, 2.05) is 0 Å². The van der Waals surface area contributed by atoms with Crippen LogP contribution >= 0.6 is 11.6 Å². The van der Waals surface area contributed by atoms with Gasteiger partial charge in [-0.05, 0) is 29.8 Å². The molecule has 0 heterocycles. The SMILES string of the molecule is COc1ccc(CC(=O)c2cc(F)c(F)cc2Cl)cc1. The zero-order valence-electron chi connectivity index (χ0n) is 10.6. The van der Waals surface area contributed by atoms with E-state index in [2.05, 4.69) is 0 Å². The fourth-order valence-corrected chi connectivity index (χ4v) is 2.02. The standard InChI is InChI=1S/C15H11ClF2O2/c1-20-10-4-2-9(3-5-10)6-15(19)11-7-13(17)14(18)8-12(11)16/h2-5,7-8H,6H2,1H3. The molecule has 0 bridgehead atoms. The van der Waals surface area contributed by atoms with Crippen LogP contribution in [0.4, 0.5) is 8.78 Å². The molecule has 2 rings (SSSR count). The second-order valence-electron chi connectivity index (χ2n) is 4.19. The first-order chi connectivity index (χ1) is 9.51. The molecule has 0 radical (unpaired) electrons.